The predicted molar refractivity (Wildman–Crippen MR) is 168 cm³/mol. The van der Waals surface area contributed by atoms with E-state index < -0.39 is 0 Å². The molecule has 0 saturated heterocycles. The molecule has 0 bridgehead atoms. The summed E-state index contributed by atoms with van der Waals surface area (Å²) in [5.41, 5.74) is 6.84. The van der Waals surface area contributed by atoms with Crippen molar-refractivity contribution in [1.82, 2.24) is 19.9 Å². The quantitative estimate of drug-likeness (QED) is 0.175. The van der Waals surface area contributed by atoms with E-state index in [4.69, 9.17) is 20.0 Å². The maximum Gasteiger partial charge on any atom is 0.101 e. The highest BCUT2D eigenvalue weighted by atomic mass is 14.9. The lowest BCUT2D eigenvalue weighted by Gasteiger charge is -2.22. The molecule has 4 aromatic heterocycles. The predicted octanol–water partition coefficient (Wildman–Crippen LogP) is 7.62. The molecule has 0 N–H and O–H groups in total. The molecule has 0 saturated carbocycles. The van der Waals surface area contributed by atoms with E-state index >= 15 is 0 Å². The lowest BCUT2D eigenvalue weighted by molar-refractivity contribution is 0.583. The Balaban J connectivity index is 1.37. The van der Waals surface area contributed by atoms with Crippen molar-refractivity contribution in [1.29, 1.82) is 0 Å². The molecule has 0 radical (unpaired) electrons. The van der Waals surface area contributed by atoms with Gasteiger partial charge in [-0.3, -0.25) is 20.0 Å². The first-order valence-corrected chi connectivity index (χ1v) is 13.8. The Kier molecular flexibility index (Phi) is 8.33. The summed E-state index contributed by atoms with van der Waals surface area (Å²) in [6.07, 6.45) is 7.20. The van der Waals surface area contributed by atoms with Crippen LogP contribution in [0.3, 0.4) is 0 Å². The fourth-order valence-corrected chi connectivity index (χ4v) is 4.67. The van der Waals surface area contributed by atoms with Crippen LogP contribution in [-0.4, -0.2) is 32.4 Å². The molecule has 202 valence electrons. The molecule has 4 heterocycles. The number of hydrogen-bond donors (Lipinski definition) is 0. The van der Waals surface area contributed by atoms with Crippen LogP contribution in [0.25, 0.3) is 22.8 Å². The van der Waals surface area contributed by atoms with E-state index in [0.717, 1.165) is 45.3 Å². The van der Waals surface area contributed by atoms with E-state index in [0.29, 0.717) is 0 Å². The van der Waals surface area contributed by atoms with Crippen molar-refractivity contribution in [2.45, 2.75) is 12.1 Å². The minimum absolute atomic E-state index is 0.302. The molecule has 6 heteroatoms. The minimum Gasteiger partial charge on any atom is -0.280 e. The number of aromatic nitrogens is 4. The summed E-state index contributed by atoms with van der Waals surface area (Å²) >= 11 is 0. The molecule has 0 aliphatic heterocycles. The van der Waals surface area contributed by atoms with Gasteiger partial charge in [-0.25, -0.2) is 9.97 Å². The molecular weight excluding hydrogens is 516 g/mol. The van der Waals surface area contributed by atoms with Crippen LogP contribution < -0.4 is 0 Å². The van der Waals surface area contributed by atoms with Gasteiger partial charge in [-0.2, -0.15) is 0 Å². The van der Waals surface area contributed by atoms with Crippen molar-refractivity contribution >= 4 is 12.4 Å². The van der Waals surface area contributed by atoms with Gasteiger partial charge in [0, 0.05) is 24.8 Å². The van der Waals surface area contributed by atoms with E-state index in [-0.39, 0.29) is 12.1 Å². The molecule has 2 aromatic carbocycles. The molecule has 6 aromatic rings. The van der Waals surface area contributed by atoms with Gasteiger partial charge in [0.05, 0.1) is 34.2 Å². The van der Waals surface area contributed by atoms with Gasteiger partial charge in [-0.1, -0.05) is 84.9 Å². The van der Waals surface area contributed by atoms with Gasteiger partial charge >= 0.3 is 0 Å². The highest BCUT2D eigenvalue weighted by Gasteiger charge is 2.23. The summed E-state index contributed by atoms with van der Waals surface area (Å²) in [7, 11) is 0. The first-order valence-electron chi connectivity index (χ1n) is 13.8. The molecule has 6 nitrogen and oxygen atoms in total. The van der Waals surface area contributed by atoms with Crippen LogP contribution >= 0.6 is 0 Å². The normalized spacial score (nSPS) is 12.9. The summed E-state index contributed by atoms with van der Waals surface area (Å²) in [4.78, 5) is 28.7. The zero-order chi connectivity index (χ0) is 28.4. The van der Waals surface area contributed by atoms with Crippen LogP contribution in [0.1, 0.15) is 34.6 Å². The zero-order valence-corrected chi connectivity index (χ0v) is 22.8. The van der Waals surface area contributed by atoms with Gasteiger partial charge in [0.15, 0.2) is 0 Å². The van der Waals surface area contributed by atoms with Crippen molar-refractivity contribution in [3.05, 3.63) is 168 Å². The lowest BCUT2D eigenvalue weighted by Crippen LogP contribution is -2.09. The molecule has 42 heavy (non-hydrogen) atoms. The molecular formula is C36H28N6. The Bertz CT molecular complexity index is 1640. The van der Waals surface area contributed by atoms with Crippen LogP contribution in [0.15, 0.2) is 156 Å². The second-order valence-electron chi connectivity index (χ2n) is 9.59. The van der Waals surface area contributed by atoms with E-state index in [2.05, 4.69) is 34.2 Å². The average molecular weight is 545 g/mol. The third kappa shape index (κ3) is 6.57. The maximum atomic E-state index is 5.10. The fourth-order valence-electron chi connectivity index (χ4n) is 4.67. The fraction of sp³-hybridized carbons (Fsp3) is 0.0556. The standard InChI is InChI=1S/C36H28N6/c1-3-13-27(14-4-1)35(39-25-29-17-11-21-33(41-29)31-19-7-9-23-37-31)36(28-15-5-2-6-16-28)40-26-30-18-12-22-34(42-30)32-20-8-10-24-38-32/h1-26,35-36H/t35-,36-/m0/s1. The Hall–Kier alpha value is -5.62. The monoisotopic (exact) mass is 544 g/mol. The molecule has 2 atom stereocenters. The summed E-state index contributed by atoms with van der Waals surface area (Å²) in [5, 5.41) is 0. The molecule has 0 aliphatic carbocycles. The van der Waals surface area contributed by atoms with Gasteiger partial charge in [-0.15, -0.1) is 0 Å². The lowest BCUT2D eigenvalue weighted by atomic mass is 9.94. The third-order valence-electron chi connectivity index (χ3n) is 6.71. The van der Waals surface area contributed by atoms with E-state index in [9.17, 15) is 0 Å². The van der Waals surface area contributed by atoms with Gasteiger partial charge in [-0.05, 0) is 59.7 Å². The van der Waals surface area contributed by atoms with E-state index in [1.54, 1.807) is 12.4 Å². The van der Waals surface area contributed by atoms with E-state index in [1.165, 1.54) is 0 Å². The maximum absolute atomic E-state index is 5.10. The first kappa shape index (κ1) is 26.6. The summed E-state index contributed by atoms with van der Waals surface area (Å²) < 4.78 is 0. The van der Waals surface area contributed by atoms with Crippen molar-refractivity contribution < 1.29 is 0 Å². The largest absolute Gasteiger partial charge is 0.280 e. The third-order valence-corrected chi connectivity index (χ3v) is 6.71. The van der Waals surface area contributed by atoms with Crippen LogP contribution in [0.5, 0.6) is 0 Å². The number of hydrogen-bond acceptors (Lipinski definition) is 6. The molecule has 6 rings (SSSR count). The molecule has 0 unspecified atom stereocenters. The molecule has 0 spiro atoms. The highest BCUT2D eigenvalue weighted by molar-refractivity contribution is 5.79. The Labute approximate surface area is 245 Å². The molecule has 0 amide bonds. The first-order chi connectivity index (χ1) is 20.8. The SMILES string of the molecule is C(=N[C@@H](c1ccccc1)[C@@H](N=Cc1cccc(-c2ccccn2)n1)c1ccccc1)c1cccc(-c2ccccn2)n1. The summed E-state index contributed by atoms with van der Waals surface area (Å²) in [6, 6.07) is 43.3. The highest BCUT2D eigenvalue weighted by Crippen LogP contribution is 2.35. The molecule has 0 fully saturated rings. The number of nitrogens with zero attached hydrogens (tertiary/aromatic N) is 6. The van der Waals surface area contributed by atoms with Gasteiger partial charge < -0.3 is 0 Å². The smallest absolute Gasteiger partial charge is 0.101 e. The Morgan fingerprint density at radius 3 is 1.21 bits per heavy atom. The topological polar surface area (TPSA) is 76.3 Å². The van der Waals surface area contributed by atoms with Gasteiger partial charge in [0.25, 0.3) is 0 Å². The molecule has 0 aliphatic rings. The number of aliphatic imine (C=N–C) groups is 2. The van der Waals surface area contributed by atoms with Gasteiger partial charge in [0.2, 0.25) is 0 Å². The van der Waals surface area contributed by atoms with Crippen molar-refractivity contribution in [3.8, 4) is 22.8 Å². The Morgan fingerprint density at radius 2 is 0.810 bits per heavy atom. The van der Waals surface area contributed by atoms with Crippen LogP contribution in [0, 0.1) is 0 Å². The van der Waals surface area contributed by atoms with Crippen LogP contribution in [0.2, 0.25) is 0 Å². The van der Waals surface area contributed by atoms with Crippen molar-refractivity contribution in [3.63, 3.8) is 0 Å². The van der Waals surface area contributed by atoms with Crippen LogP contribution in [-0.2, 0) is 0 Å². The van der Waals surface area contributed by atoms with Gasteiger partial charge in [0.1, 0.15) is 12.1 Å². The second kappa shape index (κ2) is 13.2. The Morgan fingerprint density at radius 1 is 0.405 bits per heavy atom. The number of pyridine rings is 4. The minimum atomic E-state index is -0.302. The number of rotatable bonds is 9. The second-order valence-corrected chi connectivity index (χ2v) is 9.59. The van der Waals surface area contributed by atoms with E-state index in [1.807, 2.05) is 122 Å². The number of benzene rings is 2. The summed E-state index contributed by atoms with van der Waals surface area (Å²) in [5.74, 6) is 0. The van der Waals surface area contributed by atoms with Crippen molar-refractivity contribution in [2.24, 2.45) is 9.98 Å². The van der Waals surface area contributed by atoms with Crippen molar-refractivity contribution in [2.75, 3.05) is 0 Å². The average Bonchev–Trinajstić information content (AvgIpc) is 3.08. The zero-order valence-electron chi connectivity index (χ0n) is 22.8. The summed E-state index contributed by atoms with van der Waals surface area (Å²) in [6.45, 7) is 0. The van der Waals surface area contributed by atoms with Crippen LogP contribution in [0.4, 0.5) is 0 Å².